The van der Waals surface area contributed by atoms with Crippen LogP contribution in [0.4, 0.5) is 4.39 Å². The summed E-state index contributed by atoms with van der Waals surface area (Å²) in [6.07, 6.45) is 2.37. The molecule has 0 spiro atoms. The average Bonchev–Trinajstić information content (AvgIpc) is 2.20. The predicted molar refractivity (Wildman–Crippen MR) is 56.4 cm³/mol. The van der Waals surface area contributed by atoms with Crippen LogP contribution in [0.15, 0.2) is 24.3 Å². The highest BCUT2D eigenvalue weighted by Gasteiger charge is 2.03. The Morgan fingerprint density at radius 3 is 2.43 bits per heavy atom. The molecule has 2 heteroatoms. The summed E-state index contributed by atoms with van der Waals surface area (Å²) >= 11 is 0. The van der Waals surface area contributed by atoms with Crippen molar-refractivity contribution in [2.45, 2.75) is 32.6 Å². The molecule has 0 saturated carbocycles. The van der Waals surface area contributed by atoms with Gasteiger partial charge in [-0.1, -0.05) is 32.4 Å². The van der Waals surface area contributed by atoms with E-state index in [0.717, 1.165) is 0 Å². The van der Waals surface area contributed by atoms with Gasteiger partial charge in [-0.3, -0.25) is 0 Å². The molecule has 1 unspecified atom stereocenters. The first-order chi connectivity index (χ1) is 6.77. The van der Waals surface area contributed by atoms with Crippen molar-refractivity contribution in [3.8, 4) is 5.75 Å². The van der Waals surface area contributed by atoms with Crippen molar-refractivity contribution < 1.29 is 9.13 Å². The third-order valence-corrected chi connectivity index (χ3v) is 2.39. The van der Waals surface area contributed by atoms with Crippen LogP contribution in [0.5, 0.6) is 5.75 Å². The lowest BCUT2D eigenvalue weighted by atomic mass is 9.97. The highest BCUT2D eigenvalue weighted by Crippen LogP contribution is 2.22. The number of hydrogen-bond donors (Lipinski definition) is 0. The van der Waals surface area contributed by atoms with Gasteiger partial charge < -0.3 is 4.74 Å². The Morgan fingerprint density at radius 1 is 1.29 bits per heavy atom. The van der Waals surface area contributed by atoms with Crippen LogP contribution >= 0.6 is 0 Å². The van der Waals surface area contributed by atoms with Gasteiger partial charge >= 0.3 is 0 Å². The summed E-state index contributed by atoms with van der Waals surface area (Å²) in [5.41, 5.74) is 1.29. The highest BCUT2D eigenvalue weighted by atomic mass is 19.1. The van der Waals surface area contributed by atoms with Gasteiger partial charge in [-0.05, 0) is 30.0 Å². The maximum absolute atomic E-state index is 11.8. The smallest absolute Gasteiger partial charge is 0.228 e. The molecule has 1 rings (SSSR count). The Morgan fingerprint density at radius 2 is 1.93 bits per heavy atom. The fraction of sp³-hybridized carbons (Fsp3) is 0.500. The topological polar surface area (TPSA) is 9.23 Å². The number of alkyl halides is 1. The Balaban J connectivity index is 2.62. The second-order valence-electron chi connectivity index (χ2n) is 3.51. The predicted octanol–water partition coefficient (Wildman–Crippen LogP) is 3.90. The molecule has 14 heavy (non-hydrogen) atoms. The lowest BCUT2D eigenvalue weighted by Gasteiger charge is -2.10. The van der Waals surface area contributed by atoms with Gasteiger partial charge in [0.2, 0.25) is 6.86 Å². The molecule has 78 valence electrons. The van der Waals surface area contributed by atoms with Crippen LogP contribution in [0, 0.1) is 0 Å². The summed E-state index contributed by atoms with van der Waals surface area (Å²) in [6, 6.07) is 7.65. The van der Waals surface area contributed by atoms with Crippen LogP contribution in [0.1, 0.15) is 38.2 Å². The van der Waals surface area contributed by atoms with E-state index in [9.17, 15) is 4.39 Å². The summed E-state index contributed by atoms with van der Waals surface area (Å²) < 4.78 is 16.6. The zero-order valence-electron chi connectivity index (χ0n) is 8.79. The quantitative estimate of drug-likeness (QED) is 0.694. The van der Waals surface area contributed by atoms with Crippen molar-refractivity contribution in [3.63, 3.8) is 0 Å². The molecule has 0 heterocycles. The van der Waals surface area contributed by atoms with E-state index in [1.54, 1.807) is 0 Å². The molecule has 0 aromatic heterocycles. The van der Waals surface area contributed by atoms with Gasteiger partial charge in [0, 0.05) is 0 Å². The molecule has 0 amide bonds. The van der Waals surface area contributed by atoms with Crippen LogP contribution in [0.2, 0.25) is 0 Å². The van der Waals surface area contributed by atoms with E-state index in [0.29, 0.717) is 11.7 Å². The molecule has 0 bridgehead atoms. The molecule has 0 aliphatic rings. The molecule has 1 aromatic carbocycles. The van der Waals surface area contributed by atoms with Gasteiger partial charge in [0.25, 0.3) is 0 Å². The summed E-state index contributed by atoms with van der Waals surface area (Å²) in [5, 5.41) is 0. The normalized spacial score (nSPS) is 12.5. The third kappa shape index (κ3) is 3.02. The van der Waals surface area contributed by atoms with Gasteiger partial charge in [0.05, 0.1) is 0 Å². The van der Waals surface area contributed by atoms with E-state index in [4.69, 9.17) is 4.74 Å². The maximum Gasteiger partial charge on any atom is 0.228 e. The molecule has 0 aliphatic heterocycles. The number of halogens is 1. The molecular weight excluding hydrogens is 179 g/mol. The van der Waals surface area contributed by atoms with Crippen LogP contribution in [-0.4, -0.2) is 6.86 Å². The highest BCUT2D eigenvalue weighted by molar-refractivity contribution is 5.29. The van der Waals surface area contributed by atoms with Gasteiger partial charge in [0.15, 0.2) is 0 Å². The van der Waals surface area contributed by atoms with Gasteiger partial charge in [-0.2, -0.15) is 0 Å². The third-order valence-electron chi connectivity index (χ3n) is 2.39. The second-order valence-corrected chi connectivity index (χ2v) is 3.51. The fourth-order valence-corrected chi connectivity index (χ4v) is 1.56. The Kier molecular flexibility index (Phi) is 4.44. The Bertz CT molecular complexity index is 256. The molecule has 0 fully saturated rings. The van der Waals surface area contributed by atoms with Crippen LogP contribution in [0.3, 0.4) is 0 Å². The maximum atomic E-state index is 11.8. The summed E-state index contributed by atoms with van der Waals surface area (Å²) in [6.45, 7) is 3.62. The van der Waals surface area contributed by atoms with E-state index >= 15 is 0 Å². The standard InChI is InChI=1S/C12H17FO/c1-3-4-10(2)11-5-7-12(8-6-11)14-9-13/h5-8,10H,3-4,9H2,1-2H3. The molecule has 0 N–H and O–H groups in total. The summed E-state index contributed by atoms with van der Waals surface area (Å²) in [4.78, 5) is 0. The van der Waals surface area contributed by atoms with E-state index in [-0.39, 0.29) is 0 Å². The molecule has 1 aromatic rings. The lowest BCUT2D eigenvalue weighted by Crippen LogP contribution is -1.94. The minimum absolute atomic E-state index is 0.569. The van der Waals surface area contributed by atoms with Crippen molar-refractivity contribution in [2.24, 2.45) is 0 Å². The van der Waals surface area contributed by atoms with Gasteiger partial charge in [-0.15, -0.1) is 0 Å². The monoisotopic (exact) mass is 196 g/mol. The Hall–Kier alpha value is -1.05. The van der Waals surface area contributed by atoms with Crippen molar-refractivity contribution in [1.82, 2.24) is 0 Å². The summed E-state index contributed by atoms with van der Waals surface area (Å²) in [5.74, 6) is 1.17. The molecule has 1 atom stereocenters. The number of hydrogen-bond acceptors (Lipinski definition) is 1. The molecule has 0 saturated heterocycles. The number of benzene rings is 1. The van der Waals surface area contributed by atoms with E-state index in [2.05, 4.69) is 13.8 Å². The van der Waals surface area contributed by atoms with E-state index in [1.807, 2.05) is 24.3 Å². The molecule has 0 aliphatic carbocycles. The van der Waals surface area contributed by atoms with Crippen LogP contribution in [-0.2, 0) is 0 Å². The molecule has 1 nitrogen and oxygen atoms in total. The fourth-order valence-electron chi connectivity index (χ4n) is 1.56. The van der Waals surface area contributed by atoms with Gasteiger partial charge in [-0.25, -0.2) is 4.39 Å². The zero-order chi connectivity index (χ0) is 10.4. The minimum Gasteiger partial charge on any atom is -0.463 e. The van der Waals surface area contributed by atoms with Crippen molar-refractivity contribution in [3.05, 3.63) is 29.8 Å². The molecular formula is C12H17FO. The zero-order valence-corrected chi connectivity index (χ0v) is 8.79. The lowest BCUT2D eigenvalue weighted by molar-refractivity contribution is 0.191. The van der Waals surface area contributed by atoms with Crippen LogP contribution < -0.4 is 4.74 Å². The Labute approximate surface area is 84.9 Å². The number of rotatable bonds is 5. The van der Waals surface area contributed by atoms with Crippen LogP contribution in [0.25, 0.3) is 0 Å². The van der Waals surface area contributed by atoms with Crippen molar-refractivity contribution >= 4 is 0 Å². The number of ether oxygens (including phenoxy) is 1. The SMILES string of the molecule is CCCC(C)c1ccc(OCF)cc1. The first kappa shape index (κ1) is 11.0. The second kappa shape index (κ2) is 5.63. The van der Waals surface area contributed by atoms with Crippen molar-refractivity contribution in [2.75, 3.05) is 6.86 Å². The van der Waals surface area contributed by atoms with E-state index in [1.165, 1.54) is 18.4 Å². The first-order valence-electron chi connectivity index (χ1n) is 5.06. The average molecular weight is 196 g/mol. The van der Waals surface area contributed by atoms with Crippen molar-refractivity contribution in [1.29, 1.82) is 0 Å². The minimum atomic E-state index is -0.760. The molecule has 0 radical (unpaired) electrons. The largest absolute Gasteiger partial charge is 0.463 e. The van der Waals surface area contributed by atoms with Gasteiger partial charge in [0.1, 0.15) is 5.75 Å². The van der Waals surface area contributed by atoms with E-state index < -0.39 is 6.86 Å². The first-order valence-corrected chi connectivity index (χ1v) is 5.06. The summed E-state index contributed by atoms with van der Waals surface area (Å²) in [7, 11) is 0.